The van der Waals surface area contributed by atoms with Crippen molar-refractivity contribution in [2.75, 3.05) is 5.32 Å². The standard InChI is InChI=1S/C15H14N2O/c18-15(17-12-7-4-8-16-10-12)14-9-13(14)11-5-2-1-3-6-11/h1-8,10,13-14H,9H2,(H,17,18)/t13-,14-/m1/s1. The van der Waals surface area contributed by atoms with Crippen LogP contribution in [0.1, 0.15) is 17.9 Å². The van der Waals surface area contributed by atoms with E-state index in [1.807, 2.05) is 30.3 Å². The summed E-state index contributed by atoms with van der Waals surface area (Å²) in [7, 11) is 0. The largest absolute Gasteiger partial charge is 0.324 e. The van der Waals surface area contributed by atoms with Crippen LogP contribution in [0.25, 0.3) is 0 Å². The van der Waals surface area contributed by atoms with Gasteiger partial charge in [0.05, 0.1) is 11.9 Å². The number of rotatable bonds is 3. The van der Waals surface area contributed by atoms with Gasteiger partial charge in [-0.3, -0.25) is 9.78 Å². The average molecular weight is 238 g/mol. The Balaban J connectivity index is 1.63. The fraction of sp³-hybridized carbons (Fsp3) is 0.200. The highest BCUT2D eigenvalue weighted by molar-refractivity contribution is 5.95. The molecule has 1 fully saturated rings. The third-order valence-electron chi connectivity index (χ3n) is 3.28. The van der Waals surface area contributed by atoms with Crippen LogP contribution < -0.4 is 5.32 Å². The van der Waals surface area contributed by atoms with Crippen LogP contribution >= 0.6 is 0 Å². The summed E-state index contributed by atoms with van der Waals surface area (Å²) in [5.74, 6) is 0.576. The van der Waals surface area contributed by atoms with E-state index in [-0.39, 0.29) is 11.8 Å². The Hall–Kier alpha value is -2.16. The van der Waals surface area contributed by atoms with Gasteiger partial charge in [0.1, 0.15) is 0 Å². The van der Waals surface area contributed by atoms with Crippen molar-refractivity contribution in [3.8, 4) is 0 Å². The third kappa shape index (κ3) is 2.25. The number of benzene rings is 1. The summed E-state index contributed by atoms with van der Waals surface area (Å²) >= 11 is 0. The first-order valence-electron chi connectivity index (χ1n) is 6.10. The summed E-state index contributed by atoms with van der Waals surface area (Å²) in [6.45, 7) is 0. The van der Waals surface area contributed by atoms with Gasteiger partial charge in [-0.1, -0.05) is 30.3 Å². The van der Waals surface area contributed by atoms with E-state index in [0.29, 0.717) is 5.92 Å². The van der Waals surface area contributed by atoms with Gasteiger partial charge in [-0.05, 0) is 30.0 Å². The number of carbonyl (C=O) groups excluding carboxylic acids is 1. The fourth-order valence-electron chi connectivity index (χ4n) is 2.23. The molecular weight excluding hydrogens is 224 g/mol. The van der Waals surface area contributed by atoms with E-state index in [1.165, 1.54) is 5.56 Å². The van der Waals surface area contributed by atoms with Gasteiger partial charge in [-0.15, -0.1) is 0 Å². The van der Waals surface area contributed by atoms with E-state index in [4.69, 9.17) is 0 Å². The predicted molar refractivity (Wildman–Crippen MR) is 70.2 cm³/mol. The Morgan fingerprint density at radius 2 is 2.00 bits per heavy atom. The molecule has 0 unspecified atom stereocenters. The highest BCUT2D eigenvalue weighted by Crippen LogP contribution is 2.47. The lowest BCUT2D eigenvalue weighted by Crippen LogP contribution is -2.14. The van der Waals surface area contributed by atoms with Crippen molar-refractivity contribution in [2.24, 2.45) is 5.92 Å². The van der Waals surface area contributed by atoms with Crippen LogP contribution in [0, 0.1) is 5.92 Å². The number of amides is 1. The van der Waals surface area contributed by atoms with Crippen molar-refractivity contribution in [3.63, 3.8) is 0 Å². The first-order valence-corrected chi connectivity index (χ1v) is 6.10. The second-order valence-electron chi connectivity index (χ2n) is 4.59. The Bertz CT molecular complexity index is 539. The van der Waals surface area contributed by atoms with E-state index in [9.17, 15) is 4.79 Å². The van der Waals surface area contributed by atoms with E-state index >= 15 is 0 Å². The molecule has 1 amide bonds. The molecule has 1 aromatic heterocycles. The van der Waals surface area contributed by atoms with Gasteiger partial charge in [0.2, 0.25) is 5.91 Å². The summed E-state index contributed by atoms with van der Waals surface area (Å²) < 4.78 is 0. The lowest BCUT2D eigenvalue weighted by Gasteiger charge is -2.04. The van der Waals surface area contributed by atoms with Gasteiger partial charge < -0.3 is 5.32 Å². The predicted octanol–water partition coefficient (Wildman–Crippen LogP) is 2.82. The molecule has 0 aliphatic heterocycles. The summed E-state index contributed by atoms with van der Waals surface area (Å²) in [5.41, 5.74) is 2.02. The van der Waals surface area contributed by atoms with E-state index < -0.39 is 0 Å². The highest BCUT2D eigenvalue weighted by atomic mass is 16.2. The molecule has 2 aromatic rings. The monoisotopic (exact) mass is 238 g/mol. The number of carbonyl (C=O) groups is 1. The molecule has 0 radical (unpaired) electrons. The molecule has 18 heavy (non-hydrogen) atoms. The zero-order valence-electron chi connectivity index (χ0n) is 9.91. The number of anilines is 1. The zero-order chi connectivity index (χ0) is 12.4. The van der Waals surface area contributed by atoms with Gasteiger partial charge in [0.25, 0.3) is 0 Å². The molecular formula is C15H14N2O. The summed E-state index contributed by atoms with van der Waals surface area (Å²) in [6.07, 6.45) is 4.30. The maximum atomic E-state index is 12.0. The minimum absolute atomic E-state index is 0.0943. The average Bonchev–Trinajstić information content (AvgIpc) is 3.21. The molecule has 0 spiro atoms. The minimum atomic E-state index is 0.0943. The van der Waals surface area contributed by atoms with Gasteiger partial charge in [0.15, 0.2) is 0 Å². The lowest BCUT2D eigenvalue weighted by atomic mass is 10.1. The Kier molecular flexibility index (Phi) is 2.81. The number of hydrogen-bond donors (Lipinski definition) is 1. The molecule has 1 aromatic carbocycles. The molecule has 3 rings (SSSR count). The first kappa shape index (κ1) is 11.0. The Morgan fingerprint density at radius 3 is 2.72 bits per heavy atom. The quantitative estimate of drug-likeness (QED) is 0.893. The van der Waals surface area contributed by atoms with Crippen molar-refractivity contribution >= 4 is 11.6 Å². The van der Waals surface area contributed by atoms with Crippen molar-refractivity contribution in [1.29, 1.82) is 0 Å². The van der Waals surface area contributed by atoms with Gasteiger partial charge >= 0.3 is 0 Å². The maximum Gasteiger partial charge on any atom is 0.228 e. The molecule has 2 atom stereocenters. The second kappa shape index (κ2) is 4.61. The molecule has 3 nitrogen and oxygen atoms in total. The summed E-state index contributed by atoms with van der Waals surface area (Å²) in [6, 6.07) is 13.9. The van der Waals surface area contributed by atoms with E-state index in [2.05, 4.69) is 22.4 Å². The third-order valence-corrected chi connectivity index (χ3v) is 3.28. The number of hydrogen-bond acceptors (Lipinski definition) is 2. The molecule has 90 valence electrons. The molecule has 1 heterocycles. The van der Waals surface area contributed by atoms with Crippen LogP contribution in [0.2, 0.25) is 0 Å². The van der Waals surface area contributed by atoms with Crippen LogP contribution in [0.5, 0.6) is 0 Å². The van der Waals surface area contributed by atoms with Gasteiger partial charge in [0, 0.05) is 12.1 Å². The number of nitrogens with zero attached hydrogens (tertiary/aromatic N) is 1. The summed E-state index contributed by atoms with van der Waals surface area (Å²) in [4.78, 5) is 16.0. The van der Waals surface area contributed by atoms with Crippen LogP contribution in [-0.4, -0.2) is 10.9 Å². The fourth-order valence-corrected chi connectivity index (χ4v) is 2.23. The molecule has 0 bridgehead atoms. The SMILES string of the molecule is O=C(Nc1cccnc1)[C@@H]1C[C@@H]1c1ccccc1. The number of nitrogens with one attached hydrogen (secondary N) is 1. The molecule has 0 saturated heterocycles. The molecule has 1 N–H and O–H groups in total. The summed E-state index contributed by atoms with van der Waals surface area (Å²) in [5, 5.41) is 2.90. The van der Waals surface area contributed by atoms with Gasteiger partial charge in [-0.25, -0.2) is 0 Å². The van der Waals surface area contributed by atoms with Crippen LogP contribution in [0.4, 0.5) is 5.69 Å². The van der Waals surface area contributed by atoms with E-state index in [1.54, 1.807) is 12.4 Å². The zero-order valence-corrected chi connectivity index (χ0v) is 9.91. The van der Waals surface area contributed by atoms with Crippen molar-refractivity contribution in [2.45, 2.75) is 12.3 Å². The smallest absolute Gasteiger partial charge is 0.228 e. The van der Waals surface area contributed by atoms with Crippen molar-refractivity contribution < 1.29 is 4.79 Å². The molecule has 1 saturated carbocycles. The Labute approximate surface area is 106 Å². The molecule has 3 heteroatoms. The normalized spacial score (nSPS) is 21.3. The minimum Gasteiger partial charge on any atom is -0.324 e. The number of aromatic nitrogens is 1. The first-order chi connectivity index (χ1) is 8.84. The second-order valence-corrected chi connectivity index (χ2v) is 4.59. The van der Waals surface area contributed by atoms with Crippen molar-refractivity contribution in [3.05, 3.63) is 60.4 Å². The maximum absolute atomic E-state index is 12.0. The topological polar surface area (TPSA) is 42.0 Å². The van der Waals surface area contributed by atoms with Crippen LogP contribution in [0.3, 0.4) is 0 Å². The highest BCUT2D eigenvalue weighted by Gasteiger charge is 2.43. The van der Waals surface area contributed by atoms with Crippen LogP contribution in [-0.2, 0) is 4.79 Å². The van der Waals surface area contributed by atoms with Crippen molar-refractivity contribution in [1.82, 2.24) is 4.98 Å². The number of pyridine rings is 1. The lowest BCUT2D eigenvalue weighted by molar-refractivity contribution is -0.117. The van der Waals surface area contributed by atoms with E-state index in [0.717, 1.165) is 12.1 Å². The van der Waals surface area contributed by atoms with Gasteiger partial charge in [-0.2, -0.15) is 0 Å². The molecule has 1 aliphatic rings. The Morgan fingerprint density at radius 1 is 1.17 bits per heavy atom. The van der Waals surface area contributed by atoms with Crippen LogP contribution in [0.15, 0.2) is 54.9 Å². The molecule has 1 aliphatic carbocycles.